The molecule has 0 unspecified atom stereocenters. The van der Waals surface area contributed by atoms with Crippen molar-refractivity contribution in [1.82, 2.24) is 0 Å². The molecule has 0 aromatic rings. The summed E-state index contributed by atoms with van der Waals surface area (Å²) < 4.78 is 0. The molecule has 0 saturated carbocycles. The summed E-state index contributed by atoms with van der Waals surface area (Å²) >= 11 is 0. The highest BCUT2D eigenvalue weighted by molar-refractivity contribution is 14.0. The largest absolute Gasteiger partial charge is 0.373 e. The summed E-state index contributed by atoms with van der Waals surface area (Å²) in [5.41, 5.74) is 0. The lowest BCUT2D eigenvalue weighted by molar-refractivity contribution is -0.191. The van der Waals surface area contributed by atoms with Gasteiger partial charge in [0, 0.05) is 0 Å². The van der Waals surface area contributed by atoms with Gasteiger partial charge in [-0.3, -0.25) is 0 Å². The Kier molecular flexibility index (Phi) is 25.1. The second-order valence-electron chi connectivity index (χ2n) is 0.0833. The average molecular weight is 172 g/mol. The third-order valence-corrected chi connectivity index (χ3v) is 0. The van der Waals surface area contributed by atoms with Crippen LogP contribution in [0.25, 0.3) is 0 Å². The fraction of sp³-hybridized carbons (Fsp3) is 0. The Morgan fingerprint density at radius 2 is 1.25 bits per heavy atom. The van der Waals surface area contributed by atoms with E-state index in [4.69, 9.17) is 9.59 Å². The highest BCUT2D eigenvalue weighted by Crippen LogP contribution is 0.886. The van der Waals surface area contributed by atoms with E-state index in [1.54, 1.807) is 0 Å². The molecule has 0 radical (unpaired) electrons. The van der Waals surface area contributed by atoms with Crippen LogP contribution in [0, 0.1) is 0 Å². The molecule has 0 amide bonds. The van der Waals surface area contributed by atoms with Crippen molar-refractivity contribution in [1.29, 1.82) is 0 Å². The van der Waals surface area contributed by atoms with Crippen molar-refractivity contribution in [2.24, 2.45) is 0 Å². The number of hydrogen-bond acceptors (Lipinski definition) is 2. The summed E-state index contributed by atoms with van der Waals surface area (Å²) in [4.78, 5) is 16.2. The molecule has 0 heterocycles. The zero-order valence-electron chi connectivity index (χ0n) is 1.72. The standard InChI is InChI=1S/CO2.HI/c2-1-3;/h;1H. The fourth-order valence-corrected chi connectivity index (χ4v) is 0. The number of halogens is 1. The van der Waals surface area contributed by atoms with Crippen molar-refractivity contribution < 1.29 is 9.59 Å². The third kappa shape index (κ3) is 215. The maximum absolute atomic E-state index is 8.12. The van der Waals surface area contributed by atoms with E-state index < -0.39 is 0 Å². The predicted octanol–water partition coefficient (Wildman–Crippen LogP) is 0.0345. The molecule has 0 aromatic heterocycles. The van der Waals surface area contributed by atoms with Gasteiger partial charge in [0.05, 0.1) is 0 Å². The lowest BCUT2D eigenvalue weighted by Gasteiger charge is -0.945. The zero-order chi connectivity index (χ0) is 2.71. The van der Waals surface area contributed by atoms with Gasteiger partial charge in [-0.2, -0.15) is 9.59 Å². The molecular formula is CHIO2. The molecule has 0 fully saturated rings. The van der Waals surface area contributed by atoms with Crippen LogP contribution in [0.3, 0.4) is 0 Å². The zero-order valence-corrected chi connectivity index (χ0v) is 4.06. The summed E-state index contributed by atoms with van der Waals surface area (Å²) in [5.74, 6) is 0. The lowest BCUT2D eigenvalue weighted by Crippen LogP contribution is -1.22. The summed E-state index contributed by atoms with van der Waals surface area (Å²) in [5, 5.41) is 0. The van der Waals surface area contributed by atoms with Gasteiger partial charge in [-0.15, -0.1) is 24.0 Å². The molecule has 0 N–H and O–H groups in total. The minimum absolute atomic E-state index is 0. The Morgan fingerprint density at radius 1 is 1.25 bits per heavy atom. The molecule has 0 atom stereocenters. The van der Waals surface area contributed by atoms with Crippen LogP contribution in [0.5, 0.6) is 0 Å². The number of rotatable bonds is 0. The molecule has 0 rings (SSSR count). The SMILES string of the molecule is I.O=C=O. The van der Waals surface area contributed by atoms with Gasteiger partial charge in [0.15, 0.2) is 0 Å². The molecule has 4 heavy (non-hydrogen) atoms. The molecule has 0 aliphatic rings. The van der Waals surface area contributed by atoms with Gasteiger partial charge in [-0.25, -0.2) is 0 Å². The molecule has 24 valence electrons. The van der Waals surface area contributed by atoms with Gasteiger partial charge in [-0.1, -0.05) is 0 Å². The normalized spacial score (nSPS) is 2.00. The van der Waals surface area contributed by atoms with Crippen molar-refractivity contribution in [2.75, 3.05) is 0 Å². The molecule has 0 aromatic carbocycles. The van der Waals surface area contributed by atoms with Crippen LogP contribution in [0.4, 0.5) is 0 Å². The van der Waals surface area contributed by atoms with Crippen molar-refractivity contribution in [3.8, 4) is 0 Å². The molecule has 0 spiro atoms. The maximum Gasteiger partial charge on any atom is 0.373 e. The highest BCUT2D eigenvalue weighted by atomic mass is 127. The molecule has 2 nitrogen and oxygen atoms in total. The molecule has 0 aliphatic carbocycles. The molecule has 3 heteroatoms. The first-order valence-corrected chi connectivity index (χ1v) is 0.408. The van der Waals surface area contributed by atoms with E-state index in [9.17, 15) is 0 Å². The Morgan fingerprint density at radius 3 is 1.25 bits per heavy atom. The minimum Gasteiger partial charge on any atom is -0.186 e. The van der Waals surface area contributed by atoms with Crippen molar-refractivity contribution in [3.63, 3.8) is 0 Å². The third-order valence-electron chi connectivity index (χ3n) is 0. The topological polar surface area (TPSA) is 34.1 Å². The summed E-state index contributed by atoms with van der Waals surface area (Å²) in [6.45, 7) is 0. The van der Waals surface area contributed by atoms with Crippen LogP contribution in [0.1, 0.15) is 0 Å². The van der Waals surface area contributed by atoms with Gasteiger partial charge in [0.1, 0.15) is 0 Å². The van der Waals surface area contributed by atoms with E-state index in [-0.39, 0.29) is 30.1 Å². The van der Waals surface area contributed by atoms with Gasteiger partial charge in [0.2, 0.25) is 0 Å². The Balaban J connectivity index is 0. The van der Waals surface area contributed by atoms with Gasteiger partial charge in [0.25, 0.3) is 0 Å². The molecule has 0 aliphatic heterocycles. The van der Waals surface area contributed by atoms with Crippen LogP contribution in [-0.2, 0) is 9.59 Å². The fourth-order valence-electron chi connectivity index (χ4n) is 0. The quantitative estimate of drug-likeness (QED) is 0.483. The predicted molar refractivity (Wildman–Crippen MR) is 20.4 cm³/mol. The monoisotopic (exact) mass is 172 g/mol. The lowest BCUT2D eigenvalue weighted by atomic mass is 11.8. The van der Waals surface area contributed by atoms with Crippen LogP contribution in [-0.4, -0.2) is 6.15 Å². The second-order valence-corrected chi connectivity index (χ2v) is 0.0833. The van der Waals surface area contributed by atoms with Gasteiger partial charge >= 0.3 is 6.15 Å². The van der Waals surface area contributed by atoms with Crippen LogP contribution < -0.4 is 0 Å². The second kappa shape index (κ2) is 11.2. The van der Waals surface area contributed by atoms with Crippen molar-refractivity contribution >= 4 is 30.1 Å². The van der Waals surface area contributed by atoms with E-state index >= 15 is 0 Å². The van der Waals surface area contributed by atoms with Gasteiger partial charge < -0.3 is 0 Å². The summed E-state index contributed by atoms with van der Waals surface area (Å²) in [7, 11) is 0. The molecule has 0 bridgehead atoms. The number of hydrogen-bond donors (Lipinski definition) is 0. The molecular weight excluding hydrogens is 171 g/mol. The first-order valence-electron chi connectivity index (χ1n) is 0.408. The van der Waals surface area contributed by atoms with Crippen molar-refractivity contribution in [3.05, 3.63) is 0 Å². The van der Waals surface area contributed by atoms with E-state index in [0.717, 1.165) is 0 Å². The van der Waals surface area contributed by atoms with Crippen LogP contribution >= 0.6 is 24.0 Å². The van der Waals surface area contributed by atoms with Crippen LogP contribution in [0.15, 0.2) is 0 Å². The Bertz CT molecular complexity index is 27.0. The van der Waals surface area contributed by atoms with Crippen LogP contribution in [0.2, 0.25) is 0 Å². The first-order chi connectivity index (χ1) is 1.41. The average Bonchev–Trinajstić information content (AvgIpc) is 0.918. The van der Waals surface area contributed by atoms with Gasteiger partial charge in [-0.05, 0) is 0 Å². The van der Waals surface area contributed by atoms with E-state index in [2.05, 4.69) is 0 Å². The first kappa shape index (κ1) is 8.93. The van der Waals surface area contributed by atoms with Crippen molar-refractivity contribution in [2.45, 2.75) is 0 Å². The highest BCUT2D eigenvalue weighted by Gasteiger charge is 1.13. The molecule has 0 saturated heterocycles. The smallest absolute Gasteiger partial charge is 0.186 e. The Hall–Kier alpha value is 0.110. The maximum atomic E-state index is 8.12. The van der Waals surface area contributed by atoms with E-state index in [0.29, 0.717) is 0 Å². The Labute approximate surface area is 40.2 Å². The number of carbonyl (C=O) groups excluding carboxylic acids is 2. The summed E-state index contributed by atoms with van der Waals surface area (Å²) in [6.07, 6.45) is 0.250. The van der Waals surface area contributed by atoms with E-state index in [1.165, 1.54) is 0 Å². The minimum atomic E-state index is 0. The summed E-state index contributed by atoms with van der Waals surface area (Å²) in [6, 6.07) is 0. The van der Waals surface area contributed by atoms with E-state index in [1.807, 2.05) is 0 Å².